The van der Waals surface area contributed by atoms with Crippen molar-refractivity contribution in [1.29, 1.82) is 5.26 Å². The highest BCUT2D eigenvalue weighted by molar-refractivity contribution is 9.10. The number of hydrazone groups is 1. The maximum absolute atomic E-state index is 8.61. The van der Waals surface area contributed by atoms with Crippen LogP contribution in [0.25, 0.3) is 0 Å². The van der Waals surface area contributed by atoms with Crippen LogP contribution in [0.15, 0.2) is 52.0 Å². The first kappa shape index (κ1) is 18.7. The fourth-order valence-corrected chi connectivity index (χ4v) is 2.47. The number of hydrogen-bond donors (Lipinski definition) is 2. The van der Waals surface area contributed by atoms with E-state index in [2.05, 4.69) is 31.8 Å². The largest absolute Gasteiger partial charge is 0.493 e. The number of thiocarbonyl (C=S) groups is 1. The average Bonchev–Trinajstić information content (AvgIpc) is 2.62. The molecule has 0 aliphatic rings. The summed E-state index contributed by atoms with van der Waals surface area (Å²) in [5.74, 6) is 0.979. The van der Waals surface area contributed by atoms with Gasteiger partial charge in [0.05, 0.1) is 13.3 Å². The smallest absolute Gasteiger partial charge is 0.191 e. The van der Waals surface area contributed by atoms with Crippen LogP contribution in [0.2, 0.25) is 0 Å². The van der Waals surface area contributed by atoms with Crippen molar-refractivity contribution in [3.8, 4) is 17.6 Å². The molecule has 6 nitrogen and oxygen atoms in total. The highest BCUT2D eigenvalue weighted by Crippen LogP contribution is 2.32. The lowest BCUT2D eigenvalue weighted by Crippen LogP contribution is -2.23. The molecule has 0 atom stereocenters. The number of nitrogens with zero attached hydrogens (tertiary/aromatic N) is 2. The molecule has 0 unspecified atom stereocenters. The van der Waals surface area contributed by atoms with Crippen molar-refractivity contribution in [2.75, 3.05) is 19.0 Å². The molecule has 25 heavy (non-hydrogen) atoms. The fraction of sp³-hybridized carbons (Fsp3) is 0.118. The van der Waals surface area contributed by atoms with Crippen LogP contribution >= 0.6 is 28.1 Å². The van der Waals surface area contributed by atoms with Gasteiger partial charge in [-0.15, -0.1) is 0 Å². The van der Waals surface area contributed by atoms with Crippen LogP contribution in [0, 0.1) is 11.3 Å². The molecular weight excluding hydrogens is 404 g/mol. The summed E-state index contributed by atoms with van der Waals surface area (Å²) < 4.78 is 11.3. The van der Waals surface area contributed by atoms with E-state index in [1.807, 2.05) is 36.4 Å². The summed E-state index contributed by atoms with van der Waals surface area (Å²) in [6.07, 6.45) is 1.60. The van der Waals surface area contributed by atoms with Gasteiger partial charge in [0.1, 0.15) is 6.07 Å². The molecule has 0 spiro atoms. The maximum atomic E-state index is 8.61. The second kappa shape index (κ2) is 9.61. The number of para-hydroxylation sites is 1. The molecule has 2 aromatic rings. The normalized spacial score (nSPS) is 10.1. The molecule has 0 amide bonds. The Morgan fingerprint density at radius 2 is 2.08 bits per heavy atom. The third kappa shape index (κ3) is 5.74. The molecule has 2 aromatic carbocycles. The molecule has 0 radical (unpaired) electrons. The molecule has 0 aliphatic heterocycles. The molecule has 0 aliphatic carbocycles. The third-order valence-electron chi connectivity index (χ3n) is 2.98. The minimum atomic E-state index is -0.0583. The number of hydrogen-bond acceptors (Lipinski definition) is 5. The van der Waals surface area contributed by atoms with Crippen LogP contribution in [-0.2, 0) is 0 Å². The molecule has 0 heterocycles. The van der Waals surface area contributed by atoms with Gasteiger partial charge in [-0.1, -0.05) is 18.2 Å². The van der Waals surface area contributed by atoms with Crippen LogP contribution in [0.4, 0.5) is 5.69 Å². The van der Waals surface area contributed by atoms with Crippen molar-refractivity contribution in [3.05, 3.63) is 52.5 Å². The van der Waals surface area contributed by atoms with Crippen molar-refractivity contribution in [3.63, 3.8) is 0 Å². The number of nitrogens with one attached hydrogen (secondary N) is 2. The number of nitriles is 1. The van der Waals surface area contributed by atoms with Gasteiger partial charge < -0.3 is 14.8 Å². The van der Waals surface area contributed by atoms with Gasteiger partial charge in [-0.2, -0.15) is 10.4 Å². The van der Waals surface area contributed by atoms with E-state index < -0.39 is 0 Å². The lowest BCUT2D eigenvalue weighted by atomic mass is 10.2. The van der Waals surface area contributed by atoms with E-state index in [-0.39, 0.29) is 6.61 Å². The molecule has 0 fully saturated rings. The molecule has 0 aromatic heterocycles. The van der Waals surface area contributed by atoms with Crippen molar-refractivity contribution >= 4 is 45.2 Å². The van der Waals surface area contributed by atoms with Gasteiger partial charge >= 0.3 is 0 Å². The van der Waals surface area contributed by atoms with Crippen LogP contribution in [-0.4, -0.2) is 25.0 Å². The Morgan fingerprint density at radius 3 is 2.76 bits per heavy atom. The highest BCUT2D eigenvalue weighted by Gasteiger charge is 2.09. The van der Waals surface area contributed by atoms with E-state index in [1.165, 1.54) is 7.11 Å². The van der Waals surface area contributed by atoms with Crippen molar-refractivity contribution in [2.24, 2.45) is 5.10 Å². The summed E-state index contributed by atoms with van der Waals surface area (Å²) >= 11 is 8.62. The van der Waals surface area contributed by atoms with Crippen molar-refractivity contribution < 1.29 is 9.47 Å². The molecule has 2 N–H and O–H groups in total. The second-order valence-corrected chi connectivity index (χ2v) is 5.92. The topological polar surface area (TPSA) is 78.7 Å². The van der Waals surface area contributed by atoms with Crippen molar-refractivity contribution in [1.82, 2.24) is 5.43 Å². The summed E-state index contributed by atoms with van der Waals surface area (Å²) in [5, 5.41) is 16.1. The molecule has 2 rings (SSSR count). The standard InChI is InChI=1S/C17H15BrN4O2S/c1-23-15-9-12(14(18)10-16(15)24-8-7-19)11-20-22-17(25)21-13-5-3-2-4-6-13/h2-6,9-11H,8H2,1H3,(H2,21,22,25)/b20-11+. The highest BCUT2D eigenvalue weighted by atomic mass is 79.9. The first-order valence-corrected chi connectivity index (χ1v) is 8.36. The minimum absolute atomic E-state index is 0.0583. The molecule has 128 valence electrons. The van der Waals surface area contributed by atoms with Gasteiger partial charge in [-0.25, -0.2) is 0 Å². The monoisotopic (exact) mass is 418 g/mol. The zero-order valence-corrected chi connectivity index (χ0v) is 15.7. The first-order valence-electron chi connectivity index (χ1n) is 7.16. The number of benzene rings is 2. The third-order valence-corrected chi connectivity index (χ3v) is 3.86. The Kier molecular flexibility index (Phi) is 7.19. The van der Waals surface area contributed by atoms with E-state index in [1.54, 1.807) is 18.3 Å². The lowest BCUT2D eigenvalue weighted by Gasteiger charge is -2.10. The molecule has 0 bridgehead atoms. The molecule has 8 heteroatoms. The Morgan fingerprint density at radius 1 is 1.32 bits per heavy atom. The zero-order chi connectivity index (χ0) is 18.1. The quantitative estimate of drug-likeness (QED) is 0.423. The van der Waals surface area contributed by atoms with E-state index in [4.69, 9.17) is 27.0 Å². The predicted octanol–water partition coefficient (Wildman–Crippen LogP) is 3.68. The van der Waals surface area contributed by atoms with Gasteiger partial charge in [-0.05, 0) is 52.4 Å². The maximum Gasteiger partial charge on any atom is 0.191 e. The SMILES string of the molecule is COc1cc(/C=N/NC(=S)Nc2ccccc2)c(Br)cc1OCC#N. The minimum Gasteiger partial charge on any atom is -0.493 e. The van der Waals surface area contributed by atoms with E-state index in [9.17, 15) is 0 Å². The fourth-order valence-electron chi connectivity index (χ4n) is 1.87. The van der Waals surface area contributed by atoms with Gasteiger partial charge in [-0.3, -0.25) is 5.43 Å². The Hall–Kier alpha value is -2.63. The summed E-state index contributed by atoms with van der Waals surface area (Å²) in [6, 6.07) is 14.9. The van der Waals surface area contributed by atoms with Crippen LogP contribution in [0.3, 0.4) is 0 Å². The van der Waals surface area contributed by atoms with Gasteiger partial charge in [0.2, 0.25) is 0 Å². The zero-order valence-electron chi connectivity index (χ0n) is 13.3. The molecular formula is C17H15BrN4O2S. The summed E-state index contributed by atoms with van der Waals surface area (Å²) in [5.41, 5.74) is 4.38. The molecule has 0 saturated heterocycles. The Balaban J connectivity index is 2.02. The average molecular weight is 419 g/mol. The van der Waals surface area contributed by atoms with Crippen LogP contribution in [0.1, 0.15) is 5.56 Å². The van der Waals surface area contributed by atoms with E-state index >= 15 is 0 Å². The lowest BCUT2D eigenvalue weighted by molar-refractivity contribution is 0.329. The van der Waals surface area contributed by atoms with Crippen molar-refractivity contribution in [2.45, 2.75) is 0 Å². The molecule has 0 saturated carbocycles. The van der Waals surface area contributed by atoms with E-state index in [0.29, 0.717) is 16.6 Å². The van der Waals surface area contributed by atoms with Crippen LogP contribution < -0.4 is 20.2 Å². The van der Waals surface area contributed by atoms with E-state index in [0.717, 1.165) is 15.7 Å². The summed E-state index contributed by atoms with van der Waals surface area (Å²) in [6.45, 7) is -0.0583. The summed E-state index contributed by atoms with van der Waals surface area (Å²) in [7, 11) is 1.53. The number of ether oxygens (including phenoxy) is 2. The number of methoxy groups -OCH3 is 1. The van der Waals surface area contributed by atoms with Gasteiger partial charge in [0.25, 0.3) is 0 Å². The second-order valence-electron chi connectivity index (χ2n) is 4.66. The van der Waals surface area contributed by atoms with Gasteiger partial charge in [0.15, 0.2) is 23.2 Å². The predicted molar refractivity (Wildman–Crippen MR) is 105 cm³/mol. The van der Waals surface area contributed by atoms with Crippen LogP contribution in [0.5, 0.6) is 11.5 Å². The Labute approximate surface area is 159 Å². The number of rotatable bonds is 6. The number of halogens is 1. The summed E-state index contributed by atoms with van der Waals surface area (Å²) in [4.78, 5) is 0. The first-order chi connectivity index (χ1) is 12.1. The Bertz CT molecular complexity index is 806. The number of anilines is 1. The van der Waals surface area contributed by atoms with Gasteiger partial charge in [0, 0.05) is 15.7 Å².